The van der Waals surface area contributed by atoms with Crippen LogP contribution in [0, 0.1) is 0 Å². The predicted octanol–water partition coefficient (Wildman–Crippen LogP) is 3.86. The molecule has 0 aromatic heterocycles. The quantitative estimate of drug-likeness (QED) is 0.692. The molecule has 2 aliphatic rings. The number of hydrogen-bond acceptors (Lipinski definition) is 4. The zero-order valence-corrected chi connectivity index (χ0v) is 17.8. The lowest BCUT2D eigenvalue weighted by atomic mass is 10.1. The van der Waals surface area contributed by atoms with E-state index in [1.807, 2.05) is 50.2 Å². The molecule has 0 fully saturated rings. The largest absolute Gasteiger partial charge is 0.358 e. The minimum absolute atomic E-state index is 0.0514. The van der Waals surface area contributed by atoms with Crippen molar-refractivity contribution in [2.75, 3.05) is 33.8 Å². The van der Waals surface area contributed by atoms with Gasteiger partial charge in [0, 0.05) is 43.4 Å². The van der Waals surface area contributed by atoms with Gasteiger partial charge in [-0.05, 0) is 57.1 Å². The van der Waals surface area contributed by atoms with Crippen LogP contribution in [0.3, 0.4) is 0 Å². The molecule has 1 amide bonds. The fourth-order valence-corrected chi connectivity index (χ4v) is 3.96. The number of benzene rings is 1. The summed E-state index contributed by atoms with van der Waals surface area (Å²) >= 11 is 6.04. The third-order valence-electron chi connectivity index (χ3n) is 5.33. The molecule has 3 rings (SSSR count). The summed E-state index contributed by atoms with van der Waals surface area (Å²) in [5.74, 6) is 0.0514. The highest BCUT2D eigenvalue weighted by atomic mass is 35.5. The van der Waals surface area contributed by atoms with Gasteiger partial charge in [0.05, 0.1) is 0 Å². The maximum absolute atomic E-state index is 13.5. The van der Waals surface area contributed by atoms with E-state index < -0.39 is 0 Å². The molecule has 2 heterocycles. The summed E-state index contributed by atoms with van der Waals surface area (Å²) < 4.78 is 6.01. The highest BCUT2D eigenvalue weighted by molar-refractivity contribution is 6.30. The minimum atomic E-state index is -0.100. The lowest BCUT2D eigenvalue weighted by Gasteiger charge is -2.32. The van der Waals surface area contributed by atoms with E-state index in [4.69, 9.17) is 16.3 Å². The molecule has 6 heteroatoms. The number of likely N-dealkylation sites (N-methyl/N-ethyl adjacent to an activating group) is 1. The first kappa shape index (κ1) is 20.9. The molecule has 152 valence electrons. The third kappa shape index (κ3) is 4.59. The van der Waals surface area contributed by atoms with Crippen molar-refractivity contribution in [3.63, 3.8) is 0 Å². The number of halogens is 1. The van der Waals surface area contributed by atoms with Crippen LogP contribution in [-0.4, -0.2) is 60.6 Å². The third-order valence-corrected chi connectivity index (χ3v) is 5.58. The van der Waals surface area contributed by atoms with Crippen LogP contribution in [0.15, 0.2) is 47.8 Å². The first-order valence-electron chi connectivity index (χ1n) is 9.89. The van der Waals surface area contributed by atoms with Crippen LogP contribution in [0.4, 0.5) is 0 Å². The molecule has 0 saturated carbocycles. The molecule has 1 aromatic carbocycles. The van der Waals surface area contributed by atoms with Gasteiger partial charge in [0.2, 0.25) is 0 Å². The first-order chi connectivity index (χ1) is 13.4. The van der Waals surface area contributed by atoms with E-state index in [0.717, 1.165) is 42.8 Å². The first-order valence-corrected chi connectivity index (χ1v) is 10.3. The fourth-order valence-electron chi connectivity index (χ4n) is 3.83. The van der Waals surface area contributed by atoms with E-state index in [-0.39, 0.29) is 12.1 Å². The molecule has 1 atom stereocenters. The topological polar surface area (TPSA) is 36.0 Å². The summed E-state index contributed by atoms with van der Waals surface area (Å²) in [6.45, 7) is 8.88. The van der Waals surface area contributed by atoms with Crippen LogP contribution in [0.5, 0.6) is 0 Å². The molecule has 0 radical (unpaired) electrons. The number of allylic oxidation sites excluding steroid dienone is 1. The molecule has 28 heavy (non-hydrogen) atoms. The van der Waals surface area contributed by atoms with Gasteiger partial charge in [0.15, 0.2) is 0 Å². The monoisotopic (exact) mass is 403 g/mol. The number of ether oxygens (including phenoxy) is 1. The van der Waals surface area contributed by atoms with E-state index in [9.17, 15) is 4.79 Å². The van der Waals surface area contributed by atoms with Gasteiger partial charge in [-0.3, -0.25) is 4.79 Å². The van der Waals surface area contributed by atoms with Gasteiger partial charge < -0.3 is 19.4 Å². The maximum Gasteiger partial charge on any atom is 0.274 e. The molecular weight excluding hydrogens is 374 g/mol. The average Bonchev–Trinajstić information content (AvgIpc) is 2.93. The average molecular weight is 404 g/mol. The van der Waals surface area contributed by atoms with Crippen molar-refractivity contribution in [1.29, 1.82) is 0 Å². The second kappa shape index (κ2) is 9.12. The summed E-state index contributed by atoms with van der Waals surface area (Å²) in [4.78, 5) is 19.6. The lowest BCUT2D eigenvalue weighted by molar-refractivity contribution is -0.129. The SMILES string of the molecule is C=C1CCC2=C(C(=O)N1CCN(C)C)N(Cc1ccc(Cl)cc1)C(OCC)C2. The highest BCUT2D eigenvalue weighted by Gasteiger charge is 2.39. The standard InChI is InChI=1S/C22H30ClN3O2/c1-5-28-20-14-18-9-6-16(2)25(13-12-24(3)4)22(27)21(18)26(20)15-17-7-10-19(23)11-8-17/h7-8,10-11,20H,2,5-6,9,12-15H2,1,3-4H3. The van der Waals surface area contributed by atoms with Crippen LogP contribution in [0.1, 0.15) is 31.7 Å². The predicted molar refractivity (Wildman–Crippen MR) is 113 cm³/mol. The van der Waals surface area contributed by atoms with Gasteiger partial charge in [-0.2, -0.15) is 0 Å². The zero-order chi connectivity index (χ0) is 20.3. The molecule has 0 N–H and O–H groups in total. The molecule has 0 saturated heterocycles. The number of nitrogens with zero attached hydrogens (tertiary/aromatic N) is 3. The van der Waals surface area contributed by atoms with Crippen LogP contribution in [0.25, 0.3) is 0 Å². The molecule has 0 bridgehead atoms. The zero-order valence-electron chi connectivity index (χ0n) is 17.1. The Hall–Kier alpha value is -1.82. The van der Waals surface area contributed by atoms with E-state index in [1.54, 1.807) is 0 Å². The van der Waals surface area contributed by atoms with E-state index in [1.165, 1.54) is 5.57 Å². The molecular formula is C22H30ClN3O2. The van der Waals surface area contributed by atoms with Crippen molar-refractivity contribution in [1.82, 2.24) is 14.7 Å². The Balaban J connectivity index is 1.89. The van der Waals surface area contributed by atoms with Crippen LogP contribution in [-0.2, 0) is 16.1 Å². The van der Waals surface area contributed by atoms with Gasteiger partial charge >= 0.3 is 0 Å². The normalized spacial score (nSPS) is 20.2. The minimum Gasteiger partial charge on any atom is -0.358 e. The Morgan fingerprint density at radius 3 is 2.61 bits per heavy atom. The fraction of sp³-hybridized carbons (Fsp3) is 0.500. The second-order valence-corrected chi connectivity index (χ2v) is 8.08. The molecule has 1 unspecified atom stereocenters. The Bertz CT molecular complexity index is 758. The van der Waals surface area contributed by atoms with E-state index >= 15 is 0 Å². The van der Waals surface area contributed by atoms with Crippen LogP contribution in [0.2, 0.25) is 5.02 Å². The number of carbonyl (C=O) groups excluding carboxylic acids is 1. The number of amides is 1. The van der Waals surface area contributed by atoms with Crippen LogP contribution < -0.4 is 0 Å². The van der Waals surface area contributed by atoms with E-state index in [2.05, 4.69) is 16.4 Å². The molecule has 1 aromatic rings. The van der Waals surface area contributed by atoms with Crippen molar-refractivity contribution >= 4 is 17.5 Å². The molecule has 2 aliphatic heterocycles. The van der Waals surface area contributed by atoms with Crippen molar-refractivity contribution < 1.29 is 9.53 Å². The number of rotatable bonds is 7. The summed E-state index contributed by atoms with van der Waals surface area (Å²) in [5.41, 5.74) is 4.00. The van der Waals surface area contributed by atoms with Crippen molar-refractivity contribution in [2.24, 2.45) is 0 Å². The summed E-state index contributed by atoms with van der Waals surface area (Å²) in [6.07, 6.45) is 2.35. The van der Waals surface area contributed by atoms with E-state index in [0.29, 0.717) is 24.7 Å². The molecule has 0 spiro atoms. The number of carbonyl (C=O) groups is 1. The maximum atomic E-state index is 13.5. The van der Waals surface area contributed by atoms with Gasteiger partial charge in [-0.1, -0.05) is 30.3 Å². The van der Waals surface area contributed by atoms with Crippen LogP contribution >= 0.6 is 11.6 Å². The van der Waals surface area contributed by atoms with Gasteiger partial charge in [-0.15, -0.1) is 0 Å². The van der Waals surface area contributed by atoms with Gasteiger partial charge in [0.1, 0.15) is 11.9 Å². The summed E-state index contributed by atoms with van der Waals surface area (Å²) in [6, 6.07) is 7.79. The van der Waals surface area contributed by atoms with Crippen molar-refractivity contribution in [2.45, 2.75) is 39.0 Å². The smallest absolute Gasteiger partial charge is 0.274 e. The Morgan fingerprint density at radius 1 is 1.25 bits per heavy atom. The van der Waals surface area contributed by atoms with Gasteiger partial charge in [-0.25, -0.2) is 0 Å². The van der Waals surface area contributed by atoms with Gasteiger partial charge in [0.25, 0.3) is 5.91 Å². The Kier molecular flexibility index (Phi) is 6.81. The Morgan fingerprint density at radius 2 is 1.96 bits per heavy atom. The van der Waals surface area contributed by atoms with Crippen molar-refractivity contribution in [3.05, 3.63) is 58.4 Å². The lowest BCUT2D eigenvalue weighted by Crippen LogP contribution is -2.41. The summed E-state index contributed by atoms with van der Waals surface area (Å²) in [5, 5.41) is 0.711. The molecule has 0 aliphatic carbocycles. The van der Waals surface area contributed by atoms with Crippen molar-refractivity contribution in [3.8, 4) is 0 Å². The molecule has 5 nitrogen and oxygen atoms in total. The second-order valence-electron chi connectivity index (χ2n) is 7.65. The highest BCUT2D eigenvalue weighted by Crippen LogP contribution is 2.38. The number of hydrogen-bond donors (Lipinski definition) is 0. The summed E-state index contributed by atoms with van der Waals surface area (Å²) in [7, 11) is 4.03. The Labute approximate surface area is 173 Å².